The van der Waals surface area contributed by atoms with Crippen LogP contribution in [-0.4, -0.2) is 39.3 Å². The van der Waals surface area contributed by atoms with E-state index in [0.717, 1.165) is 44.6 Å². The van der Waals surface area contributed by atoms with Gasteiger partial charge in [-0.1, -0.05) is 30.3 Å². The van der Waals surface area contributed by atoms with E-state index in [0.29, 0.717) is 5.41 Å². The Hall–Kier alpha value is -1.55. The van der Waals surface area contributed by atoms with Crippen molar-refractivity contribution in [2.75, 3.05) is 33.4 Å². The molecule has 23 heavy (non-hydrogen) atoms. The lowest BCUT2D eigenvalue weighted by molar-refractivity contribution is 0.123. The number of aliphatic imine (C=N–C) groups is 1. The Labute approximate surface area is 139 Å². The van der Waals surface area contributed by atoms with Crippen LogP contribution in [0.25, 0.3) is 0 Å². The van der Waals surface area contributed by atoms with Crippen LogP contribution in [0.3, 0.4) is 0 Å². The van der Waals surface area contributed by atoms with Gasteiger partial charge in [0.2, 0.25) is 0 Å². The van der Waals surface area contributed by atoms with Crippen LogP contribution in [0, 0.1) is 5.92 Å². The second-order valence-corrected chi connectivity index (χ2v) is 6.87. The summed E-state index contributed by atoms with van der Waals surface area (Å²) >= 11 is 0. The van der Waals surface area contributed by atoms with Crippen molar-refractivity contribution in [1.82, 2.24) is 10.6 Å². The van der Waals surface area contributed by atoms with E-state index in [1.807, 2.05) is 7.05 Å². The van der Waals surface area contributed by atoms with Crippen molar-refractivity contribution < 1.29 is 4.74 Å². The smallest absolute Gasteiger partial charge is 0.191 e. The highest BCUT2D eigenvalue weighted by Crippen LogP contribution is 2.47. The Balaban J connectivity index is 1.33. The zero-order valence-electron chi connectivity index (χ0n) is 14.2. The summed E-state index contributed by atoms with van der Waals surface area (Å²) in [6.07, 6.45) is 6.26. The first-order chi connectivity index (χ1) is 11.3. The van der Waals surface area contributed by atoms with Gasteiger partial charge in [-0.25, -0.2) is 0 Å². The third-order valence-corrected chi connectivity index (χ3v) is 4.87. The molecule has 2 fully saturated rings. The van der Waals surface area contributed by atoms with Crippen LogP contribution in [0.5, 0.6) is 0 Å². The second kappa shape index (κ2) is 7.82. The van der Waals surface area contributed by atoms with Crippen LogP contribution in [0.2, 0.25) is 0 Å². The van der Waals surface area contributed by atoms with Crippen molar-refractivity contribution in [1.29, 1.82) is 0 Å². The van der Waals surface area contributed by atoms with Gasteiger partial charge in [0.1, 0.15) is 0 Å². The highest BCUT2D eigenvalue weighted by atomic mass is 16.5. The predicted molar refractivity (Wildman–Crippen MR) is 94.9 cm³/mol. The molecule has 0 radical (unpaired) electrons. The van der Waals surface area contributed by atoms with E-state index in [-0.39, 0.29) is 0 Å². The maximum absolute atomic E-state index is 5.65. The third-order valence-electron chi connectivity index (χ3n) is 4.87. The van der Waals surface area contributed by atoms with Gasteiger partial charge >= 0.3 is 0 Å². The molecule has 0 saturated heterocycles. The van der Waals surface area contributed by atoms with E-state index in [1.165, 1.54) is 31.2 Å². The van der Waals surface area contributed by atoms with Gasteiger partial charge in [-0.2, -0.15) is 0 Å². The van der Waals surface area contributed by atoms with E-state index >= 15 is 0 Å². The zero-order chi connectivity index (χ0) is 16.0. The molecule has 0 aromatic heterocycles. The number of nitrogens with one attached hydrogen (secondary N) is 2. The van der Waals surface area contributed by atoms with Crippen LogP contribution in [0.1, 0.15) is 37.7 Å². The molecule has 0 amide bonds. The molecule has 0 atom stereocenters. The monoisotopic (exact) mass is 315 g/mol. The Bertz CT molecular complexity index is 507. The molecular weight excluding hydrogens is 286 g/mol. The van der Waals surface area contributed by atoms with E-state index in [2.05, 4.69) is 46.0 Å². The van der Waals surface area contributed by atoms with Crippen LogP contribution < -0.4 is 10.6 Å². The summed E-state index contributed by atoms with van der Waals surface area (Å²) in [5.41, 5.74) is 1.75. The van der Waals surface area contributed by atoms with Gasteiger partial charge in [-0.3, -0.25) is 4.99 Å². The number of rotatable bonds is 9. The lowest BCUT2D eigenvalue weighted by Crippen LogP contribution is -2.41. The number of hydrogen-bond acceptors (Lipinski definition) is 2. The summed E-state index contributed by atoms with van der Waals surface area (Å²) in [7, 11) is 1.83. The lowest BCUT2D eigenvalue weighted by atomic mass is 9.96. The molecule has 3 rings (SSSR count). The summed E-state index contributed by atoms with van der Waals surface area (Å²) in [5, 5.41) is 6.87. The SMILES string of the molecule is CN=C(NCCCOCC1CC1)NCC1(c2ccccc2)CC1. The molecule has 2 N–H and O–H groups in total. The molecule has 0 bridgehead atoms. The number of ether oxygens (including phenoxy) is 1. The van der Waals surface area contributed by atoms with Gasteiger partial charge in [-0.05, 0) is 43.6 Å². The zero-order valence-corrected chi connectivity index (χ0v) is 14.2. The number of hydrogen-bond donors (Lipinski definition) is 2. The summed E-state index contributed by atoms with van der Waals surface area (Å²) in [6, 6.07) is 10.8. The molecule has 0 spiro atoms. The molecule has 0 heterocycles. The van der Waals surface area contributed by atoms with Crippen molar-refractivity contribution in [2.45, 2.75) is 37.5 Å². The Morgan fingerprint density at radius 3 is 2.65 bits per heavy atom. The Morgan fingerprint density at radius 2 is 2.00 bits per heavy atom. The van der Waals surface area contributed by atoms with Crippen molar-refractivity contribution >= 4 is 5.96 Å². The first-order valence-corrected chi connectivity index (χ1v) is 8.90. The van der Waals surface area contributed by atoms with Gasteiger partial charge in [-0.15, -0.1) is 0 Å². The minimum absolute atomic E-state index is 0.312. The van der Waals surface area contributed by atoms with Crippen molar-refractivity contribution in [3.05, 3.63) is 35.9 Å². The minimum Gasteiger partial charge on any atom is -0.381 e. The molecule has 126 valence electrons. The van der Waals surface area contributed by atoms with Crippen molar-refractivity contribution in [3.8, 4) is 0 Å². The van der Waals surface area contributed by atoms with Gasteiger partial charge in [0.25, 0.3) is 0 Å². The molecule has 4 heteroatoms. The standard InChI is InChI=1S/C19H29N3O/c1-20-18(21-12-5-13-23-14-16-8-9-16)22-15-19(10-11-19)17-6-3-2-4-7-17/h2-4,6-7,16H,5,8-15H2,1H3,(H2,20,21,22). The average molecular weight is 315 g/mol. The predicted octanol–water partition coefficient (Wildman–Crippen LogP) is 2.70. The normalized spacial score (nSPS) is 19.4. The van der Waals surface area contributed by atoms with Crippen LogP contribution in [0.15, 0.2) is 35.3 Å². The highest BCUT2D eigenvalue weighted by Gasteiger charge is 2.43. The summed E-state index contributed by atoms with van der Waals surface area (Å²) in [6.45, 7) is 3.65. The van der Waals surface area contributed by atoms with Gasteiger partial charge < -0.3 is 15.4 Å². The first-order valence-electron chi connectivity index (χ1n) is 8.90. The average Bonchev–Trinajstić information content (AvgIpc) is 3.50. The van der Waals surface area contributed by atoms with E-state index in [9.17, 15) is 0 Å². The topological polar surface area (TPSA) is 45.7 Å². The lowest BCUT2D eigenvalue weighted by Gasteiger charge is -2.19. The third kappa shape index (κ3) is 4.96. The fraction of sp³-hybridized carbons (Fsp3) is 0.632. The maximum atomic E-state index is 5.65. The summed E-state index contributed by atoms with van der Waals surface area (Å²) < 4.78 is 5.65. The number of benzene rings is 1. The van der Waals surface area contributed by atoms with Crippen molar-refractivity contribution in [2.24, 2.45) is 10.9 Å². The second-order valence-electron chi connectivity index (χ2n) is 6.87. The van der Waals surface area contributed by atoms with Gasteiger partial charge in [0, 0.05) is 38.8 Å². The van der Waals surface area contributed by atoms with Crippen LogP contribution >= 0.6 is 0 Å². The molecule has 1 aromatic carbocycles. The molecule has 2 aliphatic rings. The number of nitrogens with zero attached hydrogens (tertiary/aromatic N) is 1. The molecule has 4 nitrogen and oxygen atoms in total. The molecule has 2 saturated carbocycles. The minimum atomic E-state index is 0.312. The van der Waals surface area contributed by atoms with Crippen LogP contribution in [-0.2, 0) is 10.2 Å². The fourth-order valence-corrected chi connectivity index (χ4v) is 2.90. The molecule has 0 aliphatic heterocycles. The first kappa shape index (κ1) is 16.3. The van der Waals surface area contributed by atoms with Crippen molar-refractivity contribution in [3.63, 3.8) is 0 Å². The van der Waals surface area contributed by atoms with Crippen LogP contribution in [0.4, 0.5) is 0 Å². The quantitative estimate of drug-likeness (QED) is 0.418. The Kier molecular flexibility index (Phi) is 5.55. The fourth-order valence-electron chi connectivity index (χ4n) is 2.90. The van der Waals surface area contributed by atoms with E-state index in [1.54, 1.807) is 0 Å². The Morgan fingerprint density at radius 1 is 1.22 bits per heavy atom. The maximum Gasteiger partial charge on any atom is 0.191 e. The molecule has 1 aromatic rings. The number of guanidine groups is 1. The summed E-state index contributed by atoms with van der Waals surface area (Å²) in [5.74, 6) is 1.75. The van der Waals surface area contributed by atoms with E-state index in [4.69, 9.17) is 4.74 Å². The van der Waals surface area contributed by atoms with E-state index < -0.39 is 0 Å². The largest absolute Gasteiger partial charge is 0.381 e. The molecule has 0 unspecified atom stereocenters. The molecular formula is C19H29N3O. The van der Waals surface area contributed by atoms with Gasteiger partial charge in [0.15, 0.2) is 5.96 Å². The highest BCUT2D eigenvalue weighted by molar-refractivity contribution is 5.79. The summed E-state index contributed by atoms with van der Waals surface area (Å²) in [4.78, 5) is 4.32. The van der Waals surface area contributed by atoms with Gasteiger partial charge in [0.05, 0.1) is 0 Å². The molecule has 2 aliphatic carbocycles.